The summed E-state index contributed by atoms with van der Waals surface area (Å²) >= 11 is 0. The molecule has 3 aliphatic rings. The first kappa shape index (κ1) is 28.2. The maximum atomic E-state index is 13.6. The van der Waals surface area contributed by atoms with E-state index in [9.17, 15) is 9.59 Å². The molecule has 7 rings (SSSR count). The van der Waals surface area contributed by atoms with Crippen LogP contribution in [-0.2, 0) is 29.2 Å². The molecule has 1 aliphatic carbocycles. The Morgan fingerprint density at radius 3 is 2.43 bits per heavy atom. The Morgan fingerprint density at radius 1 is 0.955 bits per heavy atom. The maximum absolute atomic E-state index is 13.6. The fourth-order valence-electron chi connectivity index (χ4n) is 5.92. The predicted octanol–water partition coefficient (Wildman–Crippen LogP) is 3.33. The summed E-state index contributed by atoms with van der Waals surface area (Å²) in [6, 6.07) is 23.4. The van der Waals surface area contributed by atoms with E-state index < -0.39 is 0 Å². The topological polar surface area (TPSA) is 115 Å². The molecule has 4 aromatic rings. The van der Waals surface area contributed by atoms with Crippen molar-refractivity contribution in [3.8, 4) is 11.5 Å². The Kier molecular flexibility index (Phi) is 7.80. The van der Waals surface area contributed by atoms with Crippen LogP contribution in [0.3, 0.4) is 0 Å². The number of benzene rings is 3. The number of rotatable bonds is 4. The van der Waals surface area contributed by atoms with E-state index in [2.05, 4.69) is 31.8 Å². The number of aryl methyl sites for hydroxylation is 1. The summed E-state index contributed by atoms with van der Waals surface area (Å²) < 4.78 is 14.3. The van der Waals surface area contributed by atoms with Crippen LogP contribution in [0, 0.1) is 6.92 Å². The van der Waals surface area contributed by atoms with Gasteiger partial charge in [-0.15, -0.1) is 5.10 Å². The second-order valence-corrected chi connectivity index (χ2v) is 11.8. The highest BCUT2D eigenvalue weighted by atomic mass is 16.5. The third-order valence-electron chi connectivity index (χ3n) is 8.44. The van der Waals surface area contributed by atoms with Crippen molar-refractivity contribution in [2.75, 3.05) is 19.6 Å². The fraction of sp³-hybridized carbons (Fsp3) is 0.364. The van der Waals surface area contributed by atoms with Gasteiger partial charge in [0.25, 0.3) is 5.91 Å². The van der Waals surface area contributed by atoms with Crippen LogP contribution in [0.4, 0.5) is 0 Å². The Morgan fingerprint density at radius 2 is 1.70 bits per heavy atom. The number of carbonyl (C=O) groups is 2. The highest BCUT2D eigenvalue weighted by Gasteiger charge is 2.38. The van der Waals surface area contributed by atoms with Crippen molar-refractivity contribution in [2.45, 2.75) is 57.6 Å². The van der Waals surface area contributed by atoms with Crippen LogP contribution in [0.15, 0.2) is 72.8 Å². The van der Waals surface area contributed by atoms with Crippen LogP contribution in [0.1, 0.15) is 45.7 Å². The minimum absolute atomic E-state index is 0.0615. The molecule has 0 unspecified atom stereocenters. The molecule has 1 aromatic heterocycles. The van der Waals surface area contributed by atoms with Crippen LogP contribution in [0.5, 0.6) is 11.5 Å². The van der Waals surface area contributed by atoms with Gasteiger partial charge in [0.2, 0.25) is 5.91 Å². The lowest BCUT2D eigenvalue weighted by Gasteiger charge is -2.25. The molecule has 1 saturated heterocycles. The third-order valence-corrected chi connectivity index (χ3v) is 8.44. The molecule has 2 atom stereocenters. The molecular weight excluding hydrogens is 558 g/mol. The van der Waals surface area contributed by atoms with E-state index in [0.29, 0.717) is 44.4 Å². The van der Waals surface area contributed by atoms with E-state index in [4.69, 9.17) is 9.47 Å². The van der Waals surface area contributed by atoms with E-state index in [1.165, 1.54) is 0 Å². The molecule has 226 valence electrons. The van der Waals surface area contributed by atoms with Crippen LogP contribution >= 0.6 is 0 Å². The summed E-state index contributed by atoms with van der Waals surface area (Å²) in [6.07, 6.45) is 1.81. The van der Waals surface area contributed by atoms with Gasteiger partial charge in [-0.1, -0.05) is 36.4 Å². The lowest BCUT2D eigenvalue weighted by molar-refractivity contribution is -0.124. The average molecular weight is 594 g/mol. The molecule has 4 bridgehead atoms. The zero-order valence-electron chi connectivity index (χ0n) is 24.6. The number of tetrazole rings is 1. The van der Waals surface area contributed by atoms with Crippen molar-refractivity contribution in [2.24, 2.45) is 0 Å². The molecule has 2 amide bonds. The van der Waals surface area contributed by atoms with Crippen molar-refractivity contribution in [3.63, 3.8) is 0 Å². The summed E-state index contributed by atoms with van der Waals surface area (Å²) in [5.74, 6) is 2.06. The SMILES string of the molecule is Cc1nnnn1Cc1ccc(C(=O)N2C[C@@H]3NC(=O)CN(C4CC4)Cc4cccc(c4)Oc4cccc(c4)CO[C@H]3C2)cc1. The van der Waals surface area contributed by atoms with Gasteiger partial charge < -0.3 is 19.7 Å². The van der Waals surface area contributed by atoms with Crippen LogP contribution in [0.2, 0.25) is 0 Å². The van der Waals surface area contributed by atoms with Gasteiger partial charge in [-0.3, -0.25) is 14.5 Å². The van der Waals surface area contributed by atoms with Crippen LogP contribution < -0.4 is 10.1 Å². The normalized spacial score (nSPS) is 20.9. The van der Waals surface area contributed by atoms with Gasteiger partial charge in [0.05, 0.1) is 31.8 Å². The lowest BCUT2D eigenvalue weighted by Crippen LogP contribution is -2.48. The Balaban J connectivity index is 1.09. The first-order valence-corrected chi connectivity index (χ1v) is 15.1. The molecule has 11 nitrogen and oxygen atoms in total. The predicted molar refractivity (Wildman–Crippen MR) is 161 cm³/mol. The number of nitrogens with zero attached hydrogens (tertiary/aromatic N) is 6. The number of nitrogens with one attached hydrogen (secondary N) is 1. The van der Waals surface area contributed by atoms with Crippen molar-refractivity contribution in [1.29, 1.82) is 0 Å². The van der Waals surface area contributed by atoms with Crippen molar-refractivity contribution in [3.05, 3.63) is 101 Å². The number of likely N-dealkylation sites (tertiary alicyclic amines) is 1. The van der Waals surface area contributed by atoms with Crippen LogP contribution in [0.25, 0.3) is 0 Å². The van der Waals surface area contributed by atoms with Gasteiger partial charge in [-0.2, -0.15) is 0 Å². The second kappa shape index (κ2) is 12.2. The Bertz CT molecular complexity index is 1650. The quantitative estimate of drug-likeness (QED) is 0.383. The first-order valence-electron chi connectivity index (χ1n) is 15.1. The number of hydrogen-bond donors (Lipinski definition) is 1. The first-order chi connectivity index (χ1) is 21.5. The van der Waals surface area contributed by atoms with E-state index in [1.807, 2.05) is 73.7 Å². The molecule has 0 radical (unpaired) electrons. The van der Waals surface area contributed by atoms with Crippen molar-refractivity contribution >= 4 is 11.8 Å². The maximum Gasteiger partial charge on any atom is 0.254 e. The minimum atomic E-state index is -0.357. The van der Waals surface area contributed by atoms with E-state index in [1.54, 1.807) is 9.58 Å². The Labute approximate surface area is 255 Å². The number of ether oxygens (including phenoxy) is 2. The minimum Gasteiger partial charge on any atom is -0.457 e. The van der Waals surface area contributed by atoms with Gasteiger partial charge in [0.1, 0.15) is 17.3 Å². The van der Waals surface area contributed by atoms with E-state index in [0.717, 1.165) is 46.9 Å². The van der Waals surface area contributed by atoms with Gasteiger partial charge in [0.15, 0.2) is 0 Å². The summed E-state index contributed by atoms with van der Waals surface area (Å²) in [4.78, 5) is 31.0. The highest BCUT2D eigenvalue weighted by Crippen LogP contribution is 2.30. The zero-order valence-corrected chi connectivity index (χ0v) is 24.6. The van der Waals surface area contributed by atoms with Crippen molar-refractivity contribution in [1.82, 2.24) is 35.3 Å². The third kappa shape index (κ3) is 6.48. The van der Waals surface area contributed by atoms with E-state index in [-0.39, 0.29) is 30.5 Å². The number of aromatic nitrogens is 4. The lowest BCUT2D eigenvalue weighted by atomic mass is 10.1. The summed E-state index contributed by atoms with van der Waals surface area (Å²) in [5.41, 5.74) is 3.63. The second-order valence-electron chi connectivity index (χ2n) is 11.8. The molecule has 0 spiro atoms. The molecule has 2 fully saturated rings. The molecule has 44 heavy (non-hydrogen) atoms. The average Bonchev–Trinajstić information content (AvgIpc) is 3.69. The molecule has 2 aliphatic heterocycles. The Hall–Kier alpha value is -4.61. The number of amides is 2. The van der Waals surface area contributed by atoms with Gasteiger partial charge in [-0.25, -0.2) is 4.68 Å². The largest absolute Gasteiger partial charge is 0.457 e. The molecule has 11 heteroatoms. The fourth-order valence-corrected chi connectivity index (χ4v) is 5.92. The summed E-state index contributed by atoms with van der Waals surface area (Å²) in [7, 11) is 0. The number of hydrogen-bond acceptors (Lipinski definition) is 8. The zero-order chi connectivity index (χ0) is 30.0. The van der Waals surface area contributed by atoms with Gasteiger partial charge >= 0.3 is 0 Å². The molecule has 3 heterocycles. The molecule has 1 saturated carbocycles. The molecule has 1 N–H and O–H groups in total. The molecule has 3 aromatic carbocycles. The smallest absolute Gasteiger partial charge is 0.254 e. The van der Waals surface area contributed by atoms with Crippen LogP contribution in [-0.4, -0.2) is 79.6 Å². The monoisotopic (exact) mass is 593 g/mol. The molecular formula is C33H35N7O4. The van der Waals surface area contributed by atoms with Gasteiger partial charge in [-0.05, 0) is 83.3 Å². The van der Waals surface area contributed by atoms with E-state index >= 15 is 0 Å². The number of carbonyl (C=O) groups excluding carboxylic acids is 2. The number of fused-ring (bicyclic) bond motifs is 5. The standard InChI is InChI=1S/C33H35N7O4/c1-22-35-36-37-40(22)17-23-8-10-26(11-9-23)33(42)39-18-30-31(19-39)43-21-25-5-3-7-29(15-25)44-28-6-2-4-24(14-28)16-38(27-12-13-27)20-32(41)34-30/h2-11,14-15,27,30-31H,12-13,16-21H2,1H3,(H,34,41)/t30-,31-/m0/s1. The summed E-state index contributed by atoms with van der Waals surface area (Å²) in [5, 5.41) is 14.8. The highest BCUT2D eigenvalue weighted by molar-refractivity contribution is 5.94. The summed E-state index contributed by atoms with van der Waals surface area (Å²) in [6.45, 7) is 4.40. The van der Waals surface area contributed by atoms with Crippen molar-refractivity contribution < 1.29 is 19.1 Å². The van der Waals surface area contributed by atoms with Gasteiger partial charge in [0, 0.05) is 31.2 Å².